The molecule has 1 aromatic rings. The molecule has 0 aliphatic rings. The molecule has 0 saturated carbocycles. The molecule has 0 radical (unpaired) electrons. The van der Waals surface area contributed by atoms with Crippen molar-refractivity contribution in [1.29, 1.82) is 0 Å². The summed E-state index contributed by atoms with van der Waals surface area (Å²) in [6.07, 6.45) is 7.71. The van der Waals surface area contributed by atoms with Crippen molar-refractivity contribution in [2.75, 3.05) is 13.6 Å². The highest BCUT2D eigenvalue weighted by molar-refractivity contribution is 4.95. The van der Waals surface area contributed by atoms with E-state index < -0.39 is 0 Å². The second-order valence-corrected chi connectivity index (χ2v) is 6.42. The van der Waals surface area contributed by atoms with Crippen molar-refractivity contribution >= 4 is 0 Å². The van der Waals surface area contributed by atoms with Gasteiger partial charge in [0.1, 0.15) is 12.2 Å². The van der Waals surface area contributed by atoms with Gasteiger partial charge in [-0.3, -0.25) is 0 Å². The quantitative estimate of drug-likeness (QED) is 0.715. The van der Waals surface area contributed by atoms with Crippen LogP contribution >= 0.6 is 0 Å². The number of rotatable bonds is 10. The van der Waals surface area contributed by atoms with Gasteiger partial charge in [-0.2, -0.15) is 5.10 Å². The standard InChI is InChI=1S/C16H32N4/c1-6-8-9-16(7-2,12-17-5)10-15-18-13-19-20(15)11-14(3)4/h13-14,17H,6-12H2,1-5H3. The van der Waals surface area contributed by atoms with Crippen molar-refractivity contribution in [2.45, 2.75) is 66.3 Å². The average molecular weight is 280 g/mol. The van der Waals surface area contributed by atoms with E-state index in [0.717, 1.165) is 25.3 Å². The Morgan fingerprint density at radius 3 is 2.65 bits per heavy atom. The summed E-state index contributed by atoms with van der Waals surface area (Å²) in [5.41, 5.74) is 0.312. The molecule has 0 aromatic carbocycles. The summed E-state index contributed by atoms with van der Waals surface area (Å²) in [5.74, 6) is 1.75. The molecule has 0 fully saturated rings. The van der Waals surface area contributed by atoms with Gasteiger partial charge in [-0.15, -0.1) is 0 Å². The molecule has 0 aliphatic carbocycles. The van der Waals surface area contributed by atoms with Crippen LogP contribution in [-0.4, -0.2) is 28.4 Å². The fraction of sp³-hybridized carbons (Fsp3) is 0.875. The Morgan fingerprint density at radius 2 is 2.10 bits per heavy atom. The van der Waals surface area contributed by atoms with Gasteiger partial charge in [-0.05, 0) is 31.2 Å². The van der Waals surface area contributed by atoms with Crippen LogP contribution in [-0.2, 0) is 13.0 Å². The van der Waals surface area contributed by atoms with Gasteiger partial charge in [0.15, 0.2) is 0 Å². The highest BCUT2D eigenvalue weighted by Crippen LogP contribution is 2.32. The minimum absolute atomic E-state index is 0.312. The van der Waals surface area contributed by atoms with Gasteiger partial charge in [0.2, 0.25) is 0 Å². The molecule has 1 rings (SSSR count). The predicted octanol–water partition coefficient (Wildman–Crippen LogP) is 3.28. The summed E-state index contributed by atoms with van der Waals surface area (Å²) in [7, 11) is 2.05. The maximum Gasteiger partial charge on any atom is 0.138 e. The Bertz CT molecular complexity index is 372. The van der Waals surface area contributed by atoms with E-state index in [0.29, 0.717) is 11.3 Å². The third-order valence-electron chi connectivity index (χ3n) is 4.13. The molecule has 4 heteroatoms. The van der Waals surface area contributed by atoms with Crippen molar-refractivity contribution in [3.8, 4) is 0 Å². The molecule has 0 spiro atoms. The Morgan fingerprint density at radius 1 is 1.35 bits per heavy atom. The first kappa shape index (κ1) is 17.2. The molecule has 0 amide bonds. The molecule has 0 aliphatic heterocycles. The smallest absolute Gasteiger partial charge is 0.138 e. The lowest BCUT2D eigenvalue weighted by Crippen LogP contribution is -2.35. The van der Waals surface area contributed by atoms with E-state index in [1.807, 2.05) is 0 Å². The molecular formula is C16H32N4. The molecule has 1 N–H and O–H groups in total. The van der Waals surface area contributed by atoms with Crippen LogP contribution in [0.2, 0.25) is 0 Å². The van der Waals surface area contributed by atoms with Crippen molar-refractivity contribution < 1.29 is 0 Å². The second-order valence-electron chi connectivity index (χ2n) is 6.42. The summed E-state index contributed by atoms with van der Waals surface area (Å²) in [6, 6.07) is 0. The van der Waals surface area contributed by atoms with Crippen LogP contribution < -0.4 is 5.32 Å². The van der Waals surface area contributed by atoms with E-state index in [1.165, 1.54) is 25.7 Å². The van der Waals surface area contributed by atoms with Crippen LogP contribution in [0.1, 0.15) is 59.2 Å². The van der Waals surface area contributed by atoms with Gasteiger partial charge >= 0.3 is 0 Å². The third kappa shape index (κ3) is 4.89. The zero-order chi connectivity index (χ0) is 15.0. The number of hydrogen-bond donors (Lipinski definition) is 1. The van der Waals surface area contributed by atoms with Gasteiger partial charge in [0, 0.05) is 19.5 Å². The first-order chi connectivity index (χ1) is 9.56. The number of unbranched alkanes of at least 4 members (excludes halogenated alkanes) is 1. The molecule has 20 heavy (non-hydrogen) atoms. The number of hydrogen-bond acceptors (Lipinski definition) is 3. The average Bonchev–Trinajstić information content (AvgIpc) is 2.82. The van der Waals surface area contributed by atoms with Crippen molar-refractivity contribution in [3.05, 3.63) is 12.2 Å². The number of nitrogens with one attached hydrogen (secondary N) is 1. The third-order valence-corrected chi connectivity index (χ3v) is 4.13. The topological polar surface area (TPSA) is 42.7 Å². The summed E-state index contributed by atoms with van der Waals surface area (Å²) < 4.78 is 2.09. The minimum Gasteiger partial charge on any atom is -0.319 e. The van der Waals surface area contributed by atoms with Gasteiger partial charge in [0.05, 0.1) is 0 Å². The van der Waals surface area contributed by atoms with Gasteiger partial charge in [-0.1, -0.05) is 40.5 Å². The largest absolute Gasteiger partial charge is 0.319 e. The zero-order valence-electron chi connectivity index (χ0n) is 13.9. The molecule has 0 saturated heterocycles. The van der Waals surface area contributed by atoms with E-state index in [4.69, 9.17) is 0 Å². The van der Waals surface area contributed by atoms with E-state index >= 15 is 0 Å². The van der Waals surface area contributed by atoms with E-state index in [9.17, 15) is 0 Å². The predicted molar refractivity (Wildman–Crippen MR) is 84.7 cm³/mol. The van der Waals surface area contributed by atoms with Gasteiger partial charge < -0.3 is 5.32 Å². The molecule has 4 nitrogen and oxygen atoms in total. The summed E-state index contributed by atoms with van der Waals surface area (Å²) in [4.78, 5) is 4.52. The van der Waals surface area contributed by atoms with Crippen LogP contribution in [0.25, 0.3) is 0 Å². The summed E-state index contributed by atoms with van der Waals surface area (Å²) >= 11 is 0. The Hall–Kier alpha value is -0.900. The number of nitrogens with zero attached hydrogens (tertiary/aromatic N) is 3. The van der Waals surface area contributed by atoms with Crippen LogP contribution in [0.3, 0.4) is 0 Å². The zero-order valence-corrected chi connectivity index (χ0v) is 13.9. The van der Waals surface area contributed by atoms with Crippen molar-refractivity contribution in [1.82, 2.24) is 20.1 Å². The van der Waals surface area contributed by atoms with Crippen molar-refractivity contribution in [2.24, 2.45) is 11.3 Å². The SMILES string of the molecule is CCCCC(CC)(CNC)Cc1ncnn1CC(C)C. The Kier molecular flexibility index (Phi) is 7.20. The lowest BCUT2D eigenvalue weighted by Gasteiger charge is -2.32. The molecule has 1 heterocycles. The first-order valence-corrected chi connectivity index (χ1v) is 8.08. The Labute approximate surface area is 124 Å². The van der Waals surface area contributed by atoms with E-state index in [1.54, 1.807) is 6.33 Å². The van der Waals surface area contributed by atoms with Crippen LogP contribution in [0.15, 0.2) is 6.33 Å². The lowest BCUT2D eigenvalue weighted by molar-refractivity contribution is 0.225. The van der Waals surface area contributed by atoms with E-state index in [-0.39, 0.29) is 0 Å². The molecule has 0 bridgehead atoms. The fourth-order valence-corrected chi connectivity index (χ4v) is 2.85. The fourth-order valence-electron chi connectivity index (χ4n) is 2.85. The maximum atomic E-state index is 4.52. The summed E-state index contributed by atoms with van der Waals surface area (Å²) in [5, 5.41) is 7.78. The lowest BCUT2D eigenvalue weighted by atomic mass is 9.77. The first-order valence-electron chi connectivity index (χ1n) is 8.08. The monoisotopic (exact) mass is 280 g/mol. The normalized spacial score (nSPS) is 14.7. The van der Waals surface area contributed by atoms with Crippen LogP contribution in [0.5, 0.6) is 0 Å². The van der Waals surface area contributed by atoms with Gasteiger partial charge in [0.25, 0.3) is 0 Å². The van der Waals surface area contributed by atoms with E-state index in [2.05, 4.69) is 54.8 Å². The van der Waals surface area contributed by atoms with Crippen molar-refractivity contribution in [3.63, 3.8) is 0 Å². The molecule has 1 unspecified atom stereocenters. The Balaban J connectivity index is 2.85. The van der Waals surface area contributed by atoms with Gasteiger partial charge in [-0.25, -0.2) is 9.67 Å². The van der Waals surface area contributed by atoms with Crippen LogP contribution in [0, 0.1) is 11.3 Å². The summed E-state index contributed by atoms with van der Waals surface area (Å²) in [6.45, 7) is 11.0. The molecule has 1 atom stereocenters. The maximum absolute atomic E-state index is 4.52. The number of aromatic nitrogens is 3. The molecule has 1 aromatic heterocycles. The highest BCUT2D eigenvalue weighted by Gasteiger charge is 2.29. The molecular weight excluding hydrogens is 248 g/mol. The highest BCUT2D eigenvalue weighted by atomic mass is 15.3. The molecule has 116 valence electrons. The van der Waals surface area contributed by atoms with Crippen LogP contribution in [0.4, 0.5) is 0 Å². The minimum atomic E-state index is 0.312. The second kappa shape index (κ2) is 8.40.